The van der Waals surface area contributed by atoms with Gasteiger partial charge in [0.1, 0.15) is 0 Å². The number of halogens is 1. The summed E-state index contributed by atoms with van der Waals surface area (Å²) in [7, 11) is 0. The van der Waals surface area contributed by atoms with Gasteiger partial charge in [-0.1, -0.05) is 29.8 Å². The van der Waals surface area contributed by atoms with Crippen LogP contribution in [-0.4, -0.2) is 4.92 Å². The van der Waals surface area contributed by atoms with Gasteiger partial charge < -0.3 is 5.32 Å². The molecule has 0 heterocycles. The number of nitrogens with zero attached hydrogens (tertiary/aromatic N) is 1. The van der Waals surface area contributed by atoms with E-state index in [1.807, 2.05) is 24.3 Å². The largest absolute Gasteiger partial charge is 0.381 e. The molecule has 0 saturated heterocycles. The molecule has 1 N–H and O–H groups in total. The van der Waals surface area contributed by atoms with E-state index in [0.29, 0.717) is 17.1 Å². The second kappa shape index (κ2) is 5.71. The van der Waals surface area contributed by atoms with Gasteiger partial charge in [0.15, 0.2) is 0 Å². The molecule has 19 heavy (non-hydrogen) atoms. The molecule has 0 spiro atoms. The predicted octanol–water partition coefficient (Wildman–Crippen LogP) is 4.17. The van der Waals surface area contributed by atoms with Crippen molar-refractivity contribution >= 4 is 23.0 Å². The molecule has 0 saturated carbocycles. The van der Waals surface area contributed by atoms with Crippen LogP contribution in [0.5, 0.6) is 0 Å². The lowest BCUT2D eigenvalue weighted by Gasteiger charge is -2.07. The standard InChI is InChI=1S/C14H13ClN2O2/c1-10-5-6-11(7-14(10)17(18)19)9-16-13-4-2-3-12(15)8-13/h2-8,16H,9H2,1H3. The van der Waals surface area contributed by atoms with Gasteiger partial charge in [0, 0.05) is 28.9 Å². The van der Waals surface area contributed by atoms with Crippen molar-refractivity contribution in [2.45, 2.75) is 13.5 Å². The third-order valence-electron chi connectivity index (χ3n) is 2.79. The van der Waals surface area contributed by atoms with Crippen LogP contribution in [0.3, 0.4) is 0 Å². The first-order chi connectivity index (χ1) is 9.06. The van der Waals surface area contributed by atoms with E-state index in [9.17, 15) is 10.1 Å². The fraction of sp³-hybridized carbons (Fsp3) is 0.143. The average Bonchev–Trinajstić information content (AvgIpc) is 2.37. The van der Waals surface area contributed by atoms with Crippen molar-refractivity contribution in [3.8, 4) is 0 Å². The van der Waals surface area contributed by atoms with Gasteiger partial charge in [-0.05, 0) is 30.7 Å². The van der Waals surface area contributed by atoms with Crippen molar-refractivity contribution in [2.75, 3.05) is 5.32 Å². The lowest BCUT2D eigenvalue weighted by atomic mass is 10.1. The van der Waals surface area contributed by atoms with Gasteiger partial charge in [-0.2, -0.15) is 0 Å². The van der Waals surface area contributed by atoms with Crippen molar-refractivity contribution in [3.05, 3.63) is 68.7 Å². The predicted molar refractivity (Wildman–Crippen MR) is 76.6 cm³/mol. The first-order valence-corrected chi connectivity index (χ1v) is 6.17. The Labute approximate surface area is 116 Å². The molecule has 0 aliphatic carbocycles. The lowest BCUT2D eigenvalue weighted by molar-refractivity contribution is -0.385. The number of nitrogens with one attached hydrogen (secondary N) is 1. The van der Waals surface area contributed by atoms with Crippen LogP contribution in [0.2, 0.25) is 5.02 Å². The van der Waals surface area contributed by atoms with Gasteiger partial charge in [0.2, 0.25) is 0 Å². The molecule has 0 radical (unpaired) electrons. The van der Waals surface area contributed by atoms with Crippen molar-refractivity contribution < 1.29 is 4.92 Å². The second-order valence-electron chi connectivity index (χ2n) is 4.24. The molecule has 0 aromatic heterocycles. The fourth-order valence-electron chi connectivity index (χ4n) is 1.76. The van der Waals surface area contributed by atoms with Crippen LogP contribution in [0.4, 0.5) is 11.4 Å². The maximum Gasteiger partial charge on any atom is 0.272 e. The Morgan fingerprint density at radius 1 is 1.26 bits per heavy atom. The highest BCUT2D eigenvalue weighted by molar-refractivity contribution is 6.30. The Balaban J connectivity index is 2.12. The molecule has 0 bridgehead atoms. The summed E-state index contributed by atoms with van der Waals surface area (Å²) in [6.07, 6.45) is 0. The smallest absolute Gasteiger partial charge is 0.272 e. The minimum Gasteiger partial charge on any atom is -0.381 e. The maximum absolute atomic E-state index is 10.9. The highest BCUT2D eigenvalue weighted by Gasteiger charge is 2.10. The third kappa shape index (κ3) is 3.45. The van der Waals surface area contributed by atoms with E-state index in [-0.39, 0.29) is 10.6 Å². The summed E-state index contributed by atoms with van der Waals surface area (Å²) in [5.74, 6) is 0. The Bertz CT molecular complexity index is 614. The molecule has 2 aromatic carbocycles. The number of aryl methyl sites for hydroxylation is 1. The number of nitro benzene ring substituents is 1. The van der Waals surface area contributed by atoms with E-state index in [0.717, 1.165) is 11.3 Å². The van der Waals surface area contributed by atoms with Crippen molar-refractivity contribution in [2.24, 2.45) is 0 Å². The second-order valence-corrected chi connectivity index (χ2v) is 4.68. The molecule has 0 unspecified atom stereocenters. The molecule has 2 rings (SSSR count). The highest BCUT2D eigenvalue weighted by Crippen LogP contribution is 2.21. The SMILES string of the molecule is Cc1ccc(CNc2cccc(Cl)c2)cc1[N+](=O)[O-]. The van der Waals surface area contributed by atoms with Crippen LogP contribution in [0.25, 0.3) is 0 Å². The van der Waals surface area contributed by atoms with E-state index >= 15 is 0 Å². The van der Waals surface area contributed by atoms with E-state index < -0.39 is 0 Å². The monoisotopic (exact) mass is 276 g/mol. The molecule has 2 aromatic rings. The van der Waals surface area contributed by atoms with Crippen LogP contribution in [-0.2, 0) is 6.54 Å². The number of hydrogen-bond acceptors (Lipinski definition) is 3. The number of anilines is 1. The summed E-state index contributed by atoms with van der Waals surface area (Å²) in [5.41, 5.74) is 2.55. The van der Waals surface area contributed by atoms with Crippen molar-refractivity contribution in [1.82, 2.24) is 0 Å². The van der Waals surface area contributed by atoms with Gasteiger partial charge in [0.25, 0.3) is 5.69 Å². The number of hydrogen-bond donors (Lipinski definition) is 1. The number of nitro groups is 1. The Kier molecular flexibility index (Phi) is 4.02. The van der Waals surface area contributed by atoms with Gasteiger partial charge >= 0.3 is 0 Å². The summed E-state index contributed by atoms with van der Waals surface area (Å²) in [4.78, 5) is 10.5. The van der Waals surface area contributed by atoms with E-state index in [2.05, 4.69) is 5.32 Å². The zero-order valence-electron chi connectivity index (χ0n) is 10.4. The van der Waals surface area contributed by atoms with Gasteiger partial charge in [-0.15, -0.1) is 0 Å². The van der Waals surface area contributed by atoms with Crippen LogP contribution in [0.1, 0.15) is 11.1 Å². The highest BCUT2D eigenvalue weighted by atomic mass is 35.5. The molecule has 0 aliphatic rings. The quantitative estimate of drug-likeness (QED) is 0.673. The molecule has 98 valence electrons. The van der Waals surface area contributed by atoms with Crippen LogP contribution < -0.4 is 5.32 Å². The molecular formula is C14H13ClN2O2. The minimum absolute atomic E-state index is 0.144. The summed E-state index contributed by atoms with van der Waals surface area (Å²) >= 11 is 5.88. The first-order valence-electron chi connectivity index (χ1n) is 5.79. The summed E-state index contributed by atoms with van der Waals surface area (Å²) < 4.78 is 0. The minimum atomic E-state index is -0.363. The molecule has 0 aliphatic heterocycles. The zero-order chi connectivity index (χ0) is 13.8. The normalized spacial score (nSPS) is 10.2. The molecular weight excluding hydrogens is 264 g/mol. The van der Waals surface area contributed by atoms with Gasteiger partial charge in [0.05, 0.1) is 4.92 Å². The van der Waals surface area contributed by atoms with Crippen LogP contribution >= 0.6 is 11.6 Å². The Hall–Kier alpha value is -2.07. The van der Waals surface area contributed by atoms with Gasteiger partial charge in [-0.25, -0.2) is 0 Å². The zero-order valence-corrected chi connectivity index (χ0v) is 11.1. The van der Waals surface area contributed by atoms with E-state index in [4.69, 9.17) is 11.6 Å². The lowest BCUT2D eigenvalue weighted by Crippen LogP contribution is -2.01. The Morgan fingerprint density at radius 3 is 2.74 bits per heavy atom. The molecule has 0 amide bonds. The fourth-order valence-corrected chi connectivity index (χ4v) is 1.95. The number of rotatable bonds is 4. The summed E-state index contributed by atoms with van der Waals surface area (Å²) in [5, 5.41) is 14.7. The van der Waals surface area contributed by atoms with Crippen LogP contribution in [0, 0.1) is 17.0 Å². The van der Waals surface area contributed by atoms with Crippen molar-refractivity contribution in [3.63, 3.8) is 0 Å². The average molecular weight is 277 g/mol. The molecule has 5 heteroatoms. The Morgan fingerprint density at radius 2 is 2.05 bits per heavy atom. The van der Waals surface area contributed by atoms with Gasteiger partial charge in [-0.3, -0.25) is 10.1 Å². The van der Waals surface area contributed by atoms with E-state index in [1.165, 1.54) is 0 Å². The first kappa shape index (κ1) is 13.4. The van der Waals surface area contributed by atoms with Crippen molar-refractivity contribution in [1.29, 1.82) is 0 Å². The molecule has 0 fully saturated rings. The molecule has 0 atom stereocenters. The summed E-state index contributed by atoms with van der Waals surface area (Å²) in [6, 6.07) is 12.6. The topological polar surface area (TPSA) is 55.2 Å². The number of benzene rings is 2. The van der Waals surface area contributed by atoms with E-state index in [1.54, 1.807) is 25.1 Å². The summed E-state index contributed by atoms with van der Waals surface area (Å²) in [6.45, 7) is 2.24. The van der Waals surface area contributed by atoms with Crippen LogP contribution in [0.15, 0.2) is 42.5 Å². The molecule has 4 nitrogen and oxygen atoms in total. The third-order valence-corrected chi connectivity index (χ3v) is 3.03. The maximum atomic E-state index is 10.9.